The molecule has 8 heteroatoms. The van der Waals surface area contributed by atoms with E-state index in [2.05, 4.69) is 15.4 Å². The van der Waals surface area contributed by atoms with Gasteiger partial charge >= 0.3 is 0 Å². The van der Waals surface area contributed by atoms with Gasteiger partial charge in [-0.1, -0.05) is 16.8 Å². The van der Waals surface area contributed by atoms with Crippen molar-refractivity contribution in [3.05, 3.63) is 34.7 Å². The lowest BCUT2D eigenvalue weighted by Gasteiger charge is -2.22. The van der Waals surface area contributed by atoms with Gasteiger partial charge in [0, 0.05) is 18.2 Å². The predicted octanol–water partition coefficient (Wildman–Crippen LogP) is 3.43. The zero-order chi connectivity index (χ0) is 18.7. The molecule has 0 saturated carbocycles. The lowest BCUT2D eigenvalue weighted by atomic mass is 10.1. The second kappa shape index (κ2) is 7.97. The number of hydrogen-bond donors (Lipinski definition) is 1. The van der Waals surface area contributed by atoms with Gasteiger partial charge in [0.25, 0.3) is 0 Å². The molecular formula is C18H22ClN3O4. The molecule has 0 spiro atoms. The molecule has 0 unspecified atom stereocenters. The number of hydrogen-bond acceptors (Lipinski definition) is 6. The third-order valence-corrected chi connectivity index (χ3v) is 4.74. The number of methoxy groups -OCH3 is 2. The molecular weight excluding hydrogens is 358 g/mol. The molecule has 0 aliphatic carbocycles. The molecule has 140 valence electrons. The van der Waals surface area contributed by atoms with Crippen molar-refractivity contribution in [3.63, 3.8) is 0 Å². The van der Waals surface area contributed by atoms with Crippen LogP contribution in [-0.4, -0.2) is 43.3 Å². The molecule has 1 aromatic heterocycles. The van der Waals surface area contributed by atoms with E-state index in [-0.39, 0.29) is 18.5 Å². The fraction of sp³-hybridized carbons (Fsp3) is 0.444. The molecule has 1 fully saturated rings. The molecule has 3 rings (SSSR count). The first-order chi connectivity index (χ1) is 12.5. The van der Waals surface area contributed by atoms with Gasteiger partial charge < -0.3 is 19.3 Å². The lowest BCUT2D eigenvalue weighted by molar-refractivity contribution is -0.117. The van der Waals surface area contributed by atoms with Gasteiger partial charge in [0.15, 0.2) is 0 Å². The molecule has 1 aliphatic heterocycles. The minimum Gasteiger partial charge on any atom is -0.495 e. The van der Waals surface area contributed by atoms with E-state index in [0.29, 0.717) is 22.2 Å². The summed E-state index contributed by atoms with van der Waals surface area (Å²) in [5.41, 5.74) is 1.39. The summed E-state index contributed by atoms with van der Waals surface area (Å²) in [6.45, 7) is 2.96. The number of likely N-dealkylation sites (tertiary alicyclic amines) is 1. The van der Waals surface area contributed by atoms with Crippen molar-refractivity contribution >= 4 is 23.2 Å². The van der Waals surface area contributed by atoms with Crippen LogP contribution in [0.25, 0.3) is 0 Å². The van der Waals surface area contributed by atoms with Crippen LogP contribution >= 0.6 is 11.6 Å². The van der Waals surface area contributed by atoms with Crippen molar-refractivity contribution in [2.75, 3.05) is 32.6 Å². The van der Waals surface area contributed by atoms with Crippen LogP contribution in [-0.2, 0) is 4.79 Å². The number of amides is 1. The highest BCUT2D eigenvalue weighted by molar-refractivity contribution is 6.32. The summed E-state index contributed by atoms with van der Waals surface area (Å²) in [6, 6.07) is 5.29. The van der Waals surface area contributed by atoms with Crippen LogP contribution in [0.1, 0.15) is 30.3 Å². The maximum atomic E-state index is 12.6. The van der Waals surface area contributed by atoms with Gasteiger partial charge in [-0.2, -0.15) is 0 Å². The summed E-state index contributed by atoms with van der Waals surface area (Å²) in [5, 5.41) is 7.40. The van der Waals surface area contributed by atoms with E-state index in [9.17, 15) is 4.79 Å². The number of anilines is 1. The number of ether oxygens (including phenoxy) is 2. The molecule has 0 bridgehead atoms. The number of aromatic nitrogens is 1. The van der Waals surface area contributed by atoms with E-state index >= 15 is 0 Å². The van der Waals surface area contributed by atoms with Gasteiger partial charge in [0.1, 0.15) is 23.0 Å². The van der Waals surface area contributed by atoms with E-state index in [0.717, 1.165) is 30.8 Å². The van der Waals surface area contributed by atoms with E-state index in [4.69, 9.17) is 25.6 Å². The van der Waals surface area contributed by atoms with Crippen molar-refractivity contribution in [2.24, 2.45) is 0 Å². The molecule has 7 nitrogen and oxygen atoms in total. The van der Waals surface area contributed by atoms with Crippen molar-refractivity contribution in [3.8, 4) is 11.5 Å². The molecule has 1 aliphatic rings. The van der Waals surface area contributed by atoms with Crippen LogP contribution < -0.4 is 14.8 Å². The molecule has 0 radical (unpaired) electrons. The number of nitrogens with zero attached hydrogens (tertiary/aromatic N) is 2. The Bertz CT molecular complexity index is 793. The Morgan fingerprint density at radius 1 is 1.35 bits per heavy atom. The van der Waals surface area contributed by atoms with Gasteiger partial charge in [-0.15, -0.1) is 0 Å². The topological polar surface area (TPSA) is 76.8 Å². The summed E-state index contributed by atoms with van der Waals surface area (Å²) in [4.78, 5) is 14.7. The van der Waals surface area contributed by atoms with Crippen LogP contribution in [0.15, 0.2) is 22.7 Å². The number of benzene rings is 1. The fourth-order valence-electron chi connectivity index (χ4n) is 3.23. The van der Waals surface area contributed by atoms with Crippen LogP contribution in [0.5, 0.6) is 11.5 Å². The zero-order valence-corrected chi connectivity index (χ0v) is 15.8. The fourth-order valence-corrected chi connectivity index (χ4v) is 3.46. The molecule has 1 N–H and O–H groups in total. The van der Waals surface area contributed by atoms with Crippen LogP contribution in [0, 0.1) is 6.92 Å². The third-order valence-electron chi connectivity index (χ3n) is 4.45. The average Bonchev–Trinajstić information content (AvgIpc) is 3.24. The standard InChI is InChI=1S/C18H22ClN3O4/c1-11-7-13(21-26-11)15-5-4-6-22(15)10-18(23)20-14-9-16(24-2)12(19)8-17(14)25-3/h7-9,15H,4-6,10H2,1-3H3,(H,20,23)/t15-/m1/s1. The van der Waals surface area contributed by atoms with Gasteiger partial charge in [-0.3, -0.25) is 9.69 Å². The van der Waals surface area contributed by atoms with Crippen molar-refractivity contribution < 1.29 is 18.8 Å². The number of rotatable bonds is 6. The van der Waals surface area contributed by atoms with E-state index < -0.39 is 0 Å². The Balaban J connectivity index is 1.70. The number of carbonyl (C=O) groups excluding carboxylic acids is 1. The number of nitrogens with one attached hydrogen (secondary N) is 1. The van der Waals surface area contributed by atoms with Crippen LogP contribution in [0.4, 0.5) is 5.69 Å². The Kier molecular flexibility index (Phi) is 5.68. The molecule has 1 amide bonds. The van der Waals surface area contributed by atoms with E-state index in [1.165, 1.54) is 14.2 Å². The molecule has 2 heterocycles. The first-order valence-corrected chi connectivity index (χ1v) is 8.78. The predicted molar refractivity (Wildman–Crippen MR) is 98.0 cm³/mol. The van der Waals surface area contributed by atoms with Crippen molar-refractivity contribution in [2.45, 2.75) is 25.8 Å². The average molecular weight is 380 g/mol. The normalized spacial score (nSPS) is 17.3. The van der Waals surface area contributed by atoms with E-state index in [1.54, 1.807) is 12.1 Å². The highest BCUT2D eigenvalue weighted by atomic mass is 35.5. The van der Waals surface area contributed by atoms with Crippen LogP contribution in [0.3, 0.4) is 0 Å². The Labute approximate surface area is 157 Å². The monoisotopic (exact) mass is 379 g/mol. The summed E-state index contributed by atoms with van der Waals surface area (Å²) in [6.07, 6.45) is 1.97. The Morgan fingerprint density at radius 2 is 2.12 bits per heavy atom. The Hall–Kier alpha value is -2.25. The summed E-state index contributed by atoms with van der Waals surface area (Å²) < 4.78 is 15.7. The molecule has 26 heavy (non-hydrogen) atoms. The van der Waals surface area contributed by atoms with Crippen molar-refractivity contribution in [1.29, 1.82) is 0 Å². The summed E-state index contributed by atoms with van der Waals surface area (Å²) >= 11 is 6.10. The first-order valence-electron chi connectivity index (χ1n) is 8.40. The molecule has 1 saturated heterocycles. The van der Waals surface area contributed by atoms with Gasteiger partial charge in [0.05, 0.1) is 37.5 Å². The molecule has 1 aromatic carbocycles. The lowest BCUT2D eigenvalue weighted by Crippen LogP contribution is -2.33. The number of aryl methyl sites for hydroxylation is 1. The number of halogens is 1. The van der Waals surface area contributed by atoms with E-state index in [1.807, 2.05) is 13.0 Å². The zero-order valence-electron chi connectivity index (χ0n) is 15.0. The van der Waals surface area contributed by atoms with Gasteiger partial charge in [-0.25, -0.2) is 0 Å². The minimum atomic E-state index is -0.139. The highest BCUT2D eigenvalue weighted by Crippen LogP contribution is 2.36. The maximum absolute atomic E-state index is 12.6. The van der Waals surface area contributed by atoms with Gasteiger partial charge in [-0.05, 0) is 26.3 Å². The smallest absolute Gasteiger partial charge is 0.238 e. The van der Waals surface area contributed by atoms with Crippen molar-refractivity contribution in [1.82, 2.24) is 10.1 Å². The third kappa shape index (κ3) is 3.94. The molecule has 1 atom stereocenters. The minimum absolute atomic E-state index is 0.0971. The largest absolute Gasteiger partial charge is 0.495 e. The summed E-state index contributed by atoms with van der Waals surface area (Å²) in [7, 11) is 3.05. The van der Waals surface area contributed by atoms with Crippen LogP contribution in [0.2, 0.25) is 5.02 Å². The second-order valence-electron chi connectivity index (χ2n) is 6.23. The van der Waals surface area contributed by atoms with Gasteiger partial charge in [0.2, 0.25) is 5.91 Å². The number of carbonyl (C=O) groups is 1. The first kappa shape index (κ1) is 18.5. The quantitative estimate of drug-likeness (QED) is 0.828. The SMILES string of the molecule is COc1cc(NC(=O)CN2CCC[C@@H]2c2cc(C)on2)c(OC)cc1Cl. The highest BCUT2D eigenvalue weighted by Gasteiger charge is 2.30. The second-order valence-corrected chi connectivity index (χ2v) is 6.63. The summed E-state index contributed by atoms with van der Waals surface area (Å²) in [5.74, 6) is 1.59. The molecule has 2 aromatic rings. The maximum Gasteiger partial charge on any atom is 0.238 e. The Morgan fingerprint density at radius 3 is 2.77 bits per heavy atom.